The van der Waals surface area contributed by atoms with Gasteiger partial charge in [-0.15, -0.1) is 10.2 Å². The Balaban J connectivity index is 2.19. The predicted octanol–water partition coefficient (Wildman–Crippen LogP) is 0.801. The first-order chi connectivity index (χ1) is 10.3. The van der Waals surface area contributed by atoms with E-state index in [1.165, 1.54) is 18.3 Å². The number of nitrogens with zero attached hydrogens (tertiary/aromatic N) is 4. The number of nitrogen functional groups attached to an aromatic ring is 1. The molecule has 0 amide bonds. The summed E-state index contributed by atoms with van der Waals surface area (Å²) in [5.41, 5.74) is 2.74. The molecule has 0 aliphatic heterocycles. The average Bonchev–Trinajstić information content (AvgIpc) is 2.44. The Kier molecular flexibility index (Phi) is 4.11. The Morgan fingerprint density at radius 1 is 1.27 bits per heavy atom. The van der Waals surface area contributed by atoms with Gasteiger partial charge in [0.1, 0.15) is 11.4 Å². The van der Waals surface area contributed by atoms with E-state index in [9.17, 15) is 9.90 Å². The van der Waals surface area contributed by atoms with Crippen molar-refractivity contribution in [3.05, 3.63) is 45.9 Å². The second-order valence-corrected chi connectivity index (χ2v) is 5.76. The van der Waals surface area contributed by atoms with Crippen molar-refractivity contribution in [1.82, 2.24) is 14.9 Å². The van der Waals surface area contributed by atoms with Crippen LogP contribution in [0.3, 0.4) is 0 Å². The minimum atomic E-state index is -0.445. The fourth-order valence-electron chi connectivity index (χ4n) is 1.67. The number of phenolic OH excluding ortho intramolecular Hbond substituents is 1. The molecule has 0 radical (unpaired) electrons. The van der Waals surface area contributed by atoms with E-state index in [2.05, 4.69) is 20.7 Å². The molecule has 116 valence electrons. The highest BCUT2D eigenvalue weighted by atomic mass is 16.3. The molecular weight excluding hydrogens is 284 g/mol. The van der Waals surface area contributed by atoms with Crippen LogP contribution in [0.4, 0.5) is 5.95 Å². The molecule has 2 rings (SSSR count). The topological polar surface area (TPSA) is 118 Å². The van der Waals surface area contributed by atoms with E-state index in [4.69, 9.17) is 5.84 Å². The van der Waals surface area contributed by atoms with Gasteiger partial charge in [0.25, 0.3) is 11.5 Å². The fourth-order valence-corrected chi connectivity index (χ4v) is 1.67. The van der Waals surface area contributed by atoms with Crippen LogP contribution in [0.15, 0.2) is 34.2 Å². The van der Waals surface area contributed by atoms with Crippen LogP contribution >= 0.6 is 0 Å². The lowest BCUT2D eigenvalue weighted by Crippen LogP contribution is -2.38. The summed E-state index contributed by atoms with van der Waals surface area (Å²) >= 11 is 0. The molecule has 8 nitrogen and oxygen atoms in total. The summed E-state index contributed by atoms with van der Waals surface area (Å²) in [7, 11) is 0. The van der Waals surface area contributed by atoms with Gasteiger partial charge in [0.2, 0.25) is 0 Å². The van der Waals surface area contributed by atoms with Crippen molar-refractivity contribution in [3.63, 3.8) is 0 Å². The number of hydrazone groups is 1. The summed E-state index contributed by atoms with van der Waals surface area (Å²) in [6, 6.07) is 6.45. The molecule has 1 aromatic heterocycles. The normalized spacial score (nSPS) is 11.8. The van der Waals surface area contributed by atoms with Gasteiger partial charge >= 0.3 is 0 Å². The lowest BCUT2D eigenvalue weighted by Gasteiger charge is -2.16. The van der Waals surface area contributed by atoms with Crippen LogP contribution in [0.25, 0.3) is 0 Å². The largest absolute Gasteiger partial charge is 0.508 e. The third-order valence-corrected chi connectivity index (χ3v) is 2.88. The monoisotopic (exact) mass is 302 g/mol. The van der Waals surface area contributed by atoms with Gasteiger partial charge in [0, 0.05) is 5.41 Å². The summed E-state index contributed by atoms with van der Waals surface area (Å²) in [6.45, 7) is 5.57. The minimum Gasteiger partial charge on any atom is -0.508 e. The highest BCUT2D eigenvalue weighted by Gasteiger charge is 2.22. The van der Waals surface area contributed by atoms with E-state index >= 15 is 0 Å². The molecule has 1 heterocycles. The molecule has 0 unspecified atom stereocenters. The van der Waals surface area contributed by atoms with Crippen LogP contribution in [-0.2, 0) is 5.41 Å². The highest BCUT2D eigenvalue weighted by molar-refractivity contribution is 5.80. The van der Waals surface area contributed by atoms with Crippen LogP contribution in [0, 0.1) is 0 Å². The molecule has 2 aromatic rings. The molecular formula is C14H18N6O2. The first kappa shape index (κ1) is 15.5. The molecule has 22 heavy (non-hydrogen) atoms. The molecule has 0 spiro atoms. The van der Waals surface area contributed by atoms with E-state index in [0.29, 0.717) is 0 Å². The fraction of sp³-hybridized carbons (Fsp3) is 0.286. The Bertz CT molecular complexity index is 743. The van der Waals surface area contributed by atoms with Crippen molar-refractivity contribution in [3.8, 4) is 5.75 Å². The smallest absolute Gasteiger partial charge is 0.295 e. The number of aromatic hydroxyl groups is 1. The van der Waals surface area contributed by atoms with Crippen LogP contribution in [0.2, 0.25) is 0 Å². The van der Waals surface area contributed by atoms with Crippen LogP contribution in [0.1, 0.15) is 32.0 Å². The molecule has 0 fully saturated rings. The number of nitrogens with two attached hydrogens (primary N) is 1. The summed E-state index contributed by atoms with van der Waals surface area (Å²) in [4.78, 5) is 12.1. The van der Waals surface area contributed by atoms with E-state index in [1.54, 1.807) is 12.1 Å². The van der Waals surface area contributed by atoms with Crippen molar-refractivity contribution in [2.45, 2.75) is 26.2 Å². The second-order valence-electron chi connectivity index (χ2n) is 5.76. The number of rotatable bonds is 3. The molecule has 0 bridgehead atoms. The molecule has 8 heteroatoms. The number of hydrogen-bond donors (Lipinski definition) is 3. The molecule has 0 aliphatic carbocycles. The lowest BCUT2D eigenvalue weighted by molar-refractivity contribution is 0.475. The van der Waals surface area contributed by atoms with Gasteiger partial charge in [-0.05, 0) is 29.8 Å². The Morgan fingerprint density at radius 3 is 2.50 bits per heavy atom. The van der Waals surface area contributed by atoms with Gasteiger partial charge in [0.15, 0.2) is 0 Å². The number of anilines is 1. The van der Waals surface area contributed by atoms with E-state index < -0.39 is 11.0 Å². The zero-order chi connectivity index (χ0) is 16.3. The third kappa shape index (κ3) is 3.40. The molecule has 4 N–H and O–H groups in total. The first-order valence-corrected chi connectivity index (χ1v) is 6.62. The molecule has 0 atom stereocenters. The van der Waals surface area contributed by atoms with Crippen molar-refractivity contribution in [2.75, 3.05) is 11.3 Å². The van der Waals surface area contributed by atoms with Crippen LogP contribution < -0.4 is 16.8 Å². The van der Waals surface area contributed by atoms with Crippen molar-refractivity contribution in [1.29, 1.82) is 0 Å². The predicted molar refractivity (Wildman–Crippen MR) is 84.5 cm³/mol. The summed E-state index contributed by atoms with van der Waals surface area (Å²) < 4.78 is 0.877. The van der Waals surface area contributed by atoms with Gasteiger partial charge in [0.05, 0.1) is 6.21 Å². The number of hydrogen-bond acceptors (Lipinski definition) is 7. The van der Waals surface area contributed by atoms with Gasteiger partial charge < -0.3 is 10.9 Å². The number of benzene rings is 1. The summed E-state index contributed by atoms with van der Waals surface area (Å²) in [5, 5.41) is 20.9. The third-order valence-electron chi connectivity index (χ3n) is 2.88. The average molecular weight is 302 g/mol. The Labute approximate surface area is 127 Å². The van der Waals surface area contributed by atoms with Crippen LogP contribution in [0.5, 0.6) is 5.75 Å². The Morgan fingerprint density at radius 2 is 1.91 bits per heavy atom. The van der Waals surface area contributed by atoms with Gasteiger partial charge in [-0.25, -0.2) is 5.43 Å². The quantitative estimate of drug-likeness (QED) is 0.438. The molecule has 1 aromatic carbocycles. The van der Waals surface area contributed by atoms with Gasteiger partial charge in [-0.3, -0.25) is 4.79 Å². The maximum Gasteiger partial charge on any atom is 0.295 e. The van der Waals surface area contributed by atoms with Crippen molar-refractivity contribution in [2.24, 2.45) is 5.10 Å². The zero-order valence-corrected chi connectivity index (χ0v) is 12.6. The second kappa shape index (κ2) is 5.84. The van der Waals surface area contributed by atoms with Gasteiger partial charge in [-0.1, -0.05) is 20.8 Å². The molecule has 0 saturated heterocycles. The Hall–Kier alpha value is -2.90. The zero-order valence-electron chi connectivity index (χ0n) is 12.6. The van der Waals surface area contributed by atoms with Gasteiger partial charge in [-0.2, -0.15) is 9.78 Å². The highest BCUT2D eigenvalue weighted by Crippen LogP contribution is 2.15. The summed E-state index contributed by atoms with van der Waals surface area (Å²) in [5.74, 6) is 5.92. The minimum absolute atomic E-state index is 0.0352. The SMILES string of the molecule is CC(C)(C)c1nnc(NN=Cc2ccc(O)cc2)n(N)c1=O. The standard InChI is InChI=1S/C14H18N6O2/c1-14(2,3)11-12(22)20(15)13(19-17-11)18-16-8-9-4-6-10(21)7-5-9/h4-8,21H,15H2,1-3H3,(H,18,19). The van der Waals surface area contributed by atoms with Crippen molar-refractivity contribution < 1.29 is 5.11 Å². The lowest BCUT2D eigenvalue weighted by atomic mass is 9.93. The maximum atomic E-state index is 12.1. The number of nitrogens with one attached hydrogen (secondary N) is 1. The molecule has 0 saturated carbocycles. The molecule has 0 aliphatic rings. The number of aromatic nitrogens is 3. The number of phenols is 1. The van der Waals surface area contributed by atoms with Crippen molar-refractivity contribution >= 4 is 12.2 Å². The first-order valence-electron chi connectivity index (χ1n) is 6.62. The van der Waals surface area contributed by atoms with E-state index in [0.717, 1.165) is 10.2 Å². The maximum absolute atomic E-state index is 12.1. The van der Waals surface area contributed by atoms with E-state index in [-0.39, 0.29) is 17.4 Å². The van der Waals surface area contributed by atoms with Crippen LogP contribution in [-0.4, -0.2) is 26.2 Å². The van der Waals surface area contributed by atoms with E-state index in [1.807, 2.05) is 20.8 Å². The summed E-state index contributed by atoms with van der Waals surface area (Å²) in [6.07, 6.45) is 1.50.